The molecule has 2 heterocycles. The van der Waals surface area contributed by atoms with Crippen molar-refractivity contribution in [2.24, 2.45) is 5.92 Å². The zero-order valence-corrected chi connectivity index (χ0v) is 16.3. The molecule has 1 aromatic heterocycles. The molecule has 3 atom stereocenters. The van der Waals surface area contributed by atoms with Crippen LogP contribution in [0.2, 0.25) is 0 Å². The van der Waals surface area contributed by atoms with Gasteiger partial charge in [0, 0.05) is 17.3 Å². The van der Waals surface area contributed by atoms with Crippen LogP contribution in [0.5, 0.6) is 0 Å². The third kappa shape index (κ3) is 3.00. The van der Waals surface area contributed by atoms with Crippen LogP contribution in [0.3, 0.4) is 0 Å². The predicted molar refractivity (Wildman–Crippen MR) is 110 cm³/mol. The highest BCUT2D eigenvalue weighted by atomic mass is 32.1. The second-order valence-electron chi connectivity index (χ2n) is 7.75. The van der Waals surface area contributed by atoms with Gasteiger partial charge in [0.15, 0.2) is 0 Å². The summed E-state index contributed by atoms with van der Waals surface area (Å²) in [6.45, 7) is 2.93. The number of hydrogen-bond acceptors (Lipinski definition) is 2. The Bertz CT molecular complexity index is 960. The Morgan fingerprint density at radius 3 is 2.56 bits per heavy atom. The standard InChI is InChI=1S/C24H23NOS/c1-16-7-9-18(10-8-16)23-19-12-14-27-22(19)11-13-25(23)24(26)21-15-20(21)17-5-3-2-4-6-17/h2-10,12,14,20-21,23H,11,13,15H2,1H3/t20-,21-,23+/m0/s1. The van der Waals surface area contributed by atoms with Crippen LogP contribution in [0.1, 0.15) is 45.5 Å². The van der Waals surface area contributed by atoms with E-state index in [1.54, 1.807) is 0 Å². The molecule has 1 saturated carbocycles. The first-order valence-corrected chi connectivity index (χ1v) is 10.6. The number of hydrogen-bond donors (Lipinski definition) is 0. The molecule has 0 spiro atoms. The van der Waals surface area contributed by atoms with Gasteiger partial charge in [-0.25, -0.2) is 0 Å². The number of thiophene rings is 1. The second-order valence-corrected chi connectivity index (χ2v) is 8.75. The quantitative estimate of drug-likeness (QED) is 0.607. The third-order valence-electron chi connectivity index (χ3n) is 5.98. The molecule has 1 amide bonds. The summed E-state index contributed by atoms with van der Waals surface area (Å²) in [5.41, 5.74) is 5.10. The van der Waals surface area contributed by atoms with Gasteiger partial charge < -0.3 is 4.90 Å². The number of fused-ring (bicyclic) bond motifs is 1. The minimum absolute atomic E-state index is 0.0603. The first-order valence-electron chi connectivity index (χ1n) is 9.70. The molecule has 0 saturated heterocycles. The number of benzene rings is 2. The van der Waals surface area contributed by atoms with Crippen LogP contribution in [-0.2, 0) is 11.2 Å². The lowest BCUT2D eigenvalue weighted by molar-refractivity contribution is -0.134. The van der Waals surface area contributed by atoms with Gasteiger partial charge in [0.1, 0.15) is 0 Å². The smallest absolute Gasteiger partial charge is 0.227 e. The van der Waals surface area contributed by atoms with E-state index in [0.717, 1.165) is 19.4 Å². The molecule has 136 valence electrons. The fraction of sp³-hybridized carbons (Fsp3) is 0.292. The summed E-state index contributed by atoms with van der Waals surface area (Å²) in [6, 6.07) is 21.5. The summed E-state index contributed by atoms with van der Waals surface area (Å²) in [4.78, 5) is 17.0. The summed E-state index contributed by atoms with van der Waals surface area (Å²) in [5.74, 6) is 0.855. The van der Waals surface area contributed by atoms with Gasteiger partial charge in [-0.1, -0.05) is 60.2 Å². The lowest BCUT2D eigenvalue weighted by Gasteiger charge is -2.36. The van der Waals surface area contributed by atoms with E-state index in [0.29, 0.717) is 11.8 Å². The van der Waals surface area contributed by atoms with Gasteiger partial charge >= 0.3 is 0 Å². The lowest BCUT2D eigenvalue weighted by atomic mass is 9.92. The molecule has 2 aliphatic rings. The van der Waals surface area contributed by atoms with Crippen molar-refractivity contribution >= 4 is 17.2 Å². The van der Waals surface area contributed by atoms with Crippen molar-refractivity contribution in [1.82, 2.24) is 4.90 Å². The molecule has 0 radical (unpaired) electrons. The molecular weight excluding hydrogens is 350 g/mol. The largest absolute Gasteiger partial charge is 0.331 e. The fourth-order valence-corrected chi connectivity index (χ4v) is 5.32. The first-order chi connectivity index (χ1) is 13.2. The third-order valence-corrected chi connectivity index (χ3v) is 6.97. The van der Waals surface area contributed by atoms with E-state index in [-0.39, 0.29) is 12.0 Å². The van der Waals surface area contributed by atoms with Crippen LogP contribution >= 0.6 is 11.3 Å². The summed E-state index contributed by atoms with van der Waals surface area (Å²) in [7, 11) is 0. The van der Waals surface area contributed by atoms with Gasteiger partial charge in [-0.15, -0.1) is 11.3 Å². The predicted octanol–water partition coefficient (Wildman–Crippen LogP) is 5.33. The average molecular weight is 374 g/mol. The summed E-state index contributed by atoms with van der Waals surface area (Å²) >= 11 is 1.82. The van der Waals surface area contributed by atoms with Crippen LogP contribution < -0.4 is 0 Å². The maximum Gasteiger partial charge on any atom is 0.227 e. The van der Waals surface area contributed by atoms with Crippen molar-refractivity contribution in [1.29, 1.82) is 0 Å². The van der Waals surface area contributed by atoms with E-state index >= 15 is 0 Å². The average Bonchev–Trinajstić information content (AvgIpc) is 3.37. The monoisotopic (exact) mass is 373 g/mol. The highest BCUT2D eigenvalue weighted by Gasteiger charge is 2.47. The van der Waals surface area contributed by atoms with Gasteiger partial charge in [0.2, 0.25) is 5.91 Å². The lowest BCUT2D eigenvalue weighted by Crippen LogP contribution is -2.41. The van der Waals surface area contributed by atoms with Gasteiger partial charge in [0.05, 0.1) is 6.04 Å². The van der Waals surface area contributed by atoms with E-state index in [9.17, 15) is 4.79 Å². The van der Waals surface area contributed by atoms with Gasteiger partial charge in [-0.05, 0) is 53.8 Å². The topological polar surface area (TPSA) is 20.3 Å². The normalized spacial score (nSPS) is 23.7. The van der Waals surface area contributed by atoms with Crippen molar-refractivity contribution in [2.75, 3.05) is 6.54 Å². The summed E-state index contributed by atoms with van der Waals surface area (Å²) in [5, 5.41) is 2.17. The second kappa shape index (κ2) is 6.65. The Balaban J connectivity index is 1.46. The van der Waals surface area contributed by atoms with E-state index in [2.05, 4.69) is 71.8 Å². The van der Waals surface area contributed by atoms with Crippen molar-refractivity contribution in [3.05, 3.63) is 93.2 Å². The SMILES string of the molecule is Cc1ccc([C@@H]2c3ccsc3CCN2C(=O)[C@H]2C[C@H]2c2ccccc2)cc1. The maximum absolute atomic E-state index is 13.5. The number of rotatable bonds is 3. The van der Waals surface area contributed by atoms with Crippen molar-refractivity contribution in [2.45, 2.75) is 31.7 Å². The molecule has 5 rings (SSSR count). The Hall–Kier alpha value is -2.39. The number of carbonyl (C=O) groups excluding carboxylic acids is 1. The zero-order valence-electron chi connectivity index (χ0n) is 15.5. The fourth-order valence-electron chi connectivity index (χ4n) is 4.41. The molecule has 0 bridgehead atoms. The molecule has 27 heavy (non-hydrogen) atoms. The number of aryl methyl sites for hydroxylation is 1. The Labute approximate surface area is 164 Å². The molecule has 3 aromatic rings. The van der Waals surface area contributed by atoms with Crippen molar-refractivity contribution in [3.63, 3.8) is 0 Å². The Morgan fingerprint density at radius 1 is 1.00 bits per heavy atom. The number of amides is 1. The zero-order chi connectivity index (χ0) is 18.4. The molecule has 2 aromatic carbocycles. The molecular formula is C24H23NOS. The molecule has 0 unspecified atom stereocenters. The molecule has 1 aliphatic carbocycles. The molecule has 1 aliphatic heterocycles. The minimum atomic E-state index is 0.0603. The number of carbonyl (C=O) groups is 1. The van der Waals surface area contributed by atoms with Gasteiger partial charge in [-0.3, -0.25) is 4.79 Å². The molecule has 2 nitrogen and oxygen atoms in total. The van der Waals surface area contributed by atoms with Gasteiger partial charge in [0.25, 0.3) is 0 Å². The van der Waals surface area contributed by atoms with Crippen molar-refractivity contribution in [3.8, 4) is 0 Å². The van der Waals surface area contributed by atoms with Crippen LogP contribution in [0, 0.1) is 12.8 Å². The van der Waals surface area contributed by atoms with E-state index in [1.807, 2.05) is 17.4 Å². The first kappa shape index (κ1) is 16.8. The Kier molecular flexibility index (Phi) is 4.13. The van der Waals surface area contributed by atoms with Crippen LogP contribution in [0.15, 0.2) is 66.0 Å². The molecule has 1 fully saturated rings. The maximum atomic E-state index is 13.5. The van der Waals surface area contributed by atoms with E-state index in [1.165, 1.54) is 27.1 Å². The minimum Gasteiger partial charge on any atom is -0.331 e. The van der Waals surface area contributed by atoms with E-state index < -0.39 is 0 Å². The Morgan fingerprint density at radius 2 is 1.78 bits per heavy atom. The molecule has 0 N–H and O–H groups in total. The number of nitrogens with zero attached hydrogens (tertiary/aromatic N) is 1. The van der Waals surface area contributed by atoms with E-state index in [4.69, 9.17) is 0 Å². The highest BCUT2D eigenvalue weighted by molar-refractivity contribution is 7.10. The summed E-state index contributed by atoms with van der Waals surface area (Å²) < 4.78 is 0. The van der Waals surface area contributed by atoms with Gasteiger partial charge in [-0.2, -0.15) is 0 Å². The molecule has 3 heteroatoms. The highest BCUT2D eigenvalue weighted by Crippen LogP contribution is 2.50. The van der Waals surface area contributed by atoms with Crippen molar-refractivity contribution < 1.29 is 4.79 Å². The summed E-state index contributed by atoms with van der Waals surface area (Å²) in [6.07, 6.45) is 1.96. The van der Waals surface area contributed by atoms with Crippen LogP contribution in [-0.4, -0.2) is 17.4 Å². The van der Waals surface area contributed by atoms with Crippen LogP contribution in [0.25, 0.3) is 0 Å². The van der Waals surface area contributed by atoms with Crippen LogP contribution in [0.4, 0.5) is 0 Å².